The van der Waals surface area contributed by atoms with E-state index in [1.54, 1.807) is 0 Å². The minimum absolute atomic E-state index is 0.0521. The van der Waals surface area contributed by atoms with E-state index in [-0.39, 0.29) is 11.6 Å². The Morgan fingerprint density at radius 2 is 2.27 bits per heavy atom. The van der Waals surface area contributed by atoms with E-state index in [9.17, 15) is 0 Å². The molecule has 3 nitrogen and oxygen atoms in total. The van der Waals surface area contributed by atoms with Crippen LogP contribution in [0.2, 0.25) is 0 Å². The average molecular weight is 209 g/mol. The first kappa shape index (κ1) is 12.5. The molecule has 0 spiro atoms. The van der Waals surface area contributed by atoms with E-state index in [1.165, 1.54) is 6.42 Å². The molecular weight excluding hydrogens is 186 g/mol. The van der Waals surface area contributed by atoms with Crippen molar-refractivity contribution in [1.82, 2.24) is 10.2 Å². The lowest BCUT2D eigenvalue weighted by atomic mass is 9.89. The van der Waals surface area contributed by atoms with Crippen LogP contribution < -0.4 is 11.1 Å². The molecule has 0 amide bonds. The predicted octanol–water partition coefficient (Wildman–Crippen LogP) is 0.411. The quantitative estimate of drug-likeness (QED) is 0.662. The summed E-state index contributed by atoms with van der Waals surface area (Å²) in [5, 5.41) is 3.50. The first-order chi connectivity index (χ1) is 7.12. The summed E-state index contributed by atoms with van der Waals surface area (Å²) >= 11 is 0. The fourth-order valence-electron chi connectivity index (χ4n) is 2.24. The summed E-state index contributed by atoms with van der Waals surface area (Å²) in [6, 6.07) is 0.108. The van der Waals surface area contributed by atoms with Crippen molar-refractivity contribution in [2.75, 3.05) is 26.7 Å². The summed E-state index contributed by atoms with van der Waals surface area (Å²) in [6.07, 6.45) is 8.81. The van der Waals surface area contributed by atoms with Crippen LogP contribution in [0.5, 0.6) is 0 Å². The molecule has 0 radical (unpaired) electrons. The van der Waals surface area contributed by atoms with Gasteiger partial charge in [0.2, 0.25) is 0 Å². The van der Waals surface area contributed by atoms with Crippen LogP contribution >= 0.6 is 0 Å². The monoisotopic (exact) mass is 209 g/mol. The van der Waals surface area contributed by atoms with Crippen molar-refractivity contribution in [3.63, 3.8) is 0 Å². The molecule has 3 heteroatoms. The lowest BCUT2D eigenvalue weighted by molar-refractivity contribution is 0.274. The predicted molar refractivity (Wildman–Crippen MR) is 64.6 cm³/mol. The van der Waals surface area contributed by atoms with Gasteiger partial charge in [-0.3, -0.25) is 5.32 Å². The summed E-state index contributed by atoms with van der Waals surface area (Å²) in [6.45, 7) is 4.95. The van der Waals surface area contributed by atoms with Gasteiger partial charge in [0.25, 0.3) is 0 Å². The van der Waals surface area contributed by atoms with Crippen molar-refractivity contribution < 1.29 is 0 Å². The van der Waals surface area contributed by atoms with E-state index in [4.69, 9.17) is 12.2 Å². The third-order valence-electron chi connectivity index (χ3n) is 3.33. The largest absolute Gasteiger partial charge is 0.329 e. The Morgan fingerprint density at radius 1 is 1.53 bits per heavy atom. The maximum atomic E-state index is 5.91. The minimum Gasteiger partial charge on any atom is -0.329 e. The molecule has 2 unspecified atom stereocenters. The van der Waals surface area contributed by atoms with Crippen molar-refractivity contribution in [2.45, 2.75) is 37.8 Å². The highest BCUT2D eigenvalue weighted by Crippen LogP contribution is 2.21. The normalized spacial score (nSPS) is 30.5. The van der Waals surface area contributed by atoms with Crippen molar-refractivity contribution in [3.8, 4) is 12.3 Å². The maximum absolute atomic E-state index is 5.91. The molecule has 1 saturated heterocycles. The van der Waals surface area contributed by atoms with E-state index < -0.39 is 0 Å². The fourth-order valence-corrected chi connectivity index (χ4v) is 2.24. The van der Waals surface area contributed by atoms with Crippen LogP contribution in [0.4, 0.5) is 0 Å². The number of nitrogens with zero attached hydrogens (tertiary/aromatic N) is 1. The number of terminal acetylenes is 1. The number of nitrogens with two attached hydrogens (primary N) is 1. The van der Waals surface area contributed by atoms with Gasteiger partial charge in [-0.1, -0.05) is 5.92 Å². The Bertz CT molecular complexity index is 234. The molecule has 2 atom stereocenters. The number of hydrogen-bond acceptors (Lipinski definition) is 3. The second-order valence-electron chi connectivity index (χ2n) is 4.67. The highest BCUT2D eigenvalue weighted by Gasteiger charge is 2.31. The SMILES string of the molecule is C#CC(C)NC1(CN)CCCN(C)CC1. The molecular formula is C12H23N3. The van der Waals surface area contributed by atoms with Crippen LogP contribution in [-0.4, -0.2) is 43.2 Å². The van der Waals surface area contributed by atoms with Gasteiger partial charge in [0.1, 0.15) is 0 Å². The Kier molecular flexibility index (Phi) is 4.59. The molecule has 1 fully saturated rings. The highest BCUT2D eigenvalue weighted by atomic mass is 15.1. The Hall–Kier alpha value is -0.560. The molecule has 15 heavy (non-hydrogen) atoms. The van der Waals surface area contributed by atoms with Crippen molar-refractivity contribution in [1.29, 1.82) is 0 Å². The third kappa shape index (κ3) is 3.49. The van der Waals surface area contributed by atoms with Crippen molar-refractivity contribution in [2.24, 2.45) is 5.73 Å². The summed E-state index contributed by atoms with van der Waals surface area (Å²) in [4.78, 5) is 2.36. The highest BCUT2D eigenvalue weighted by molar-refractivity contribution is 5.02. The van der Waals surface area contributed by atoms with E-state index >= 15 is 0 Å². The summed E-state index contributed by atoms with van der Waals surface area (Å²) in [7, 11) is 2.16. The summed E-state index contributed by atoms with van der Waals surface area (Å²) in [5.41, 5.74) is 5.96. The standard InChI is InChI=1S/C12H23N3/c1-4-11(2)14-12(10-13)6-5-8-15(3)9-7-12/h1,11,14H,5-10,13H2,2-3H3. The molecule has 86 valence electrons. The lowest BCUT2D eigenvalue weighted by Crippen LogP contribution is -2.54. The van der Waals surface area contributed by atoms with E-state index in [2.05, 4.69) is 23.2 Å². The van der Waals surface area contributed by atoms with Crippen LogP contribution in [0.1, 0.15) is 26.2 Å². The Labute approximate surface area is 93.4 Å². The molecule has 0 aromatic carbocycles. The van der Waals surface area contributed by atoms with Gasteiger partial charge in [-0.2, -0.15) is 0 Å². The number of hydrogen-bond donors (Lipinski definition) is 2. The molecule has 1 aliphatic rings. The van der Waals surface area contributed by atoms with Crippen LogP contribution in [0.25, 0.3) is 0 Å². The number of likely N-dealkylation sites (tertiary alicyclic amines) is 1. The van der Waals surface area contributed by atoms with Crippen LogP contribution in [0.3, 0.4) is 0 Å². The zero-order valence-corrected chi connectivity index (χ0v) is 9.92. The number of rotatable bonds is 3. The zero-order valence-electron chi connectivity index (χ0n) is 9.92. The average Bonchev–Trinajstić information content (AvgIpc) is 2.42. The second-order valence-corrected chi connectivity index (χ2v) is 4.67. The van der Waals surface area contributed by atoms with Crippen LogP contribution in [0.15, 0.2) is 0 Å². The smallest absolute Gasteiger partial charge is 0.0663 e. The molecule has 0 aromatic rings. The molecule has 3 N–H and O–H groups in total. The topological polar surface area (TPSA) is 41.3 Å². The zero-order chi connectivity index (χ0) is 11.3. The molecule has 0 aliphatic carbocycles. The van der Waals surface area contributed by atoms with Crippen LogP contribution in [-0.2, 0) is 0 Å². The second kappa shape index (κ2) is 5.50. The van der Waals surface area contributed by atoms with Crippen LogP contribution in [0, 0.1) is 12.3 Å². The van der Waals surface area contributed by atoms with E-state index in [0.717, 1.165) is 25.9 Å². The molecule has 1 heterocycles. The third-order valence-corrected chi connectivity index (χ3v) is 3.33. The van der Waals surface area contributed by atoms with E-state index in [1.807, 2.05) is 6.92 Å². The summed E-state index contributed by atoms with van der Waals surface area (Å²) < 4.78 is 0. The van der Waals surface area contributed by atoms with Gasteiger partial charge >= 0.3 is 0 Å². The fraction of sp³-hybridized carbons (Fsp3) is 0.833. The molecule has 0 bridgehead atoms. The lowest BCUT2D eigenvalue weighted by Gasteiger charge is -2.34. The van der Waals surface area contributed by atoms with Gasteiger partial charge < -0.3 is 10.6 Å². The van der Waals surface area contributed by atoms with Gasteiger partial charge in [0, 0.05) is 12.1 Å². The molecule has 0 saturated carbocycles. The van der Waals surface area contributed by atoms with Gasteiger partial charge in [-0.25, -0.2) is 0 Å². The molecule has 0 aromatic heterocycles. The van der Waals surface area contributed by atoms with Crippen molar-refractivity contribution in [3.05, 3.63) is 0 Å². The molecule has 1 rings (SSSR count). The minimum atomic E-state index is 0.0521. The number of nitrogens with one attached hydrogen (secondary N) is 1. The first-order valence-electron chi connectivity index (χ1n) is 5.74. The van der Waals surface area contributed by atoms with Gasteiger partial charge in [-0.05, 0) is 46.3 Å². The van der Waals surface area contributed by atoms with Gasteiger partial charge in [-0.15, -0.1) is 6.42 Å². The first-order valence-corrected chi connectivity index (χ1v) is 5.74. The van der Waals surface area contributed by atoms with Gasteiger partial charge in [0.15, 0.2) is 0 Å². The van der Waals surface area contributed by atoms with Gasteiger partial charge in [0.05, 0.1) is 6.04 Å². The summed E-state index contributed by atoms with van der Waals surface area (Å²) in [5.74, 6) is 2.72. The molecule has 1 aliphatic heterocycles. The Balaban J connectivity index is 2.62. The Morgan fingerprint density at radius 3 is 2.87 bits per heavy atom. The van der Waals surface area contributed by atoms with E-state index in [0.29, 0.717) is 6.54 Å². The maximum Gasteiger partial charge on any atom is 0.0663 e. The van der Waals surface area contributed by atoms with Crippen molar-refractivity contribution >= 4 is 0 Å².